The third kappa shape index (κ3) is 2.98. The van der Waals surface area contributed by atoms with E-state index in [0.29, 0.717) is 6.54 Å². The van der Waals surface area contributed by atoms with Gasteiger partial charge >= 0.3 is 0 Å². The molecule has 1 atom stereocenters. The summed E-state index contributed by atoms with van der Waals surface area (Å²) in [5.74, 6) is -0.241. The zero-order chi connectivity index (χ0) is 11.4. The van der Waals surface area contributed by atoms with Crippen molar-refractivity contribution in [2.24, 2.45) is 0 Å². The molecule has 0 spiro atoms. The van der Waals surface area contributed by atoms with Crippen molar-refractivity contribution >= 4 is 21.6 Å². The summed E-state index contributed by atoms with van der Waals surface area (Å²) in [4.78, 5) is 0. The fourth-order valence-corrected chi connectivity index (χ4v) is 1.98. The number of nitrogens with one attached hydrogen (secondary N) is 1. The monoisotopic (exact) mass is 285 g/mol. The van der Waals surface area contributed by atoms with Gasteiger partial charge in [-0.25, -0.2) is 4.39 Å². The molecule has 0 amide bonds. The van der Waals surface area contributed by atoms with Crippen molar-refractivity contribution < 1.29 is 9.13 Å². The SMILES string of the molecule is Fc1ccc(Br)c(NCC2CCC=CO2)c1. The highest BCUT2D eigenvalue weighted by Crippen LogP contribution is 2.23. The van der Waals surface area contributed by atoms with Crippen LogP contribution in [0.5, 0.6) is 0 Å². The van der Waals surface area contributed by atoms with Gasteiger partial charge in [-0.3, -0.25) is 0 Å². The zero-order valence-corrected chi connectivity index (χ0v) is 10.3. The lowest BCUT2D eigenvalue weighted by Gasteiger charge is -2.20. The van der Waals surface area contributed by atoms with Crippen LogP contribution in [0.3, 0.4) is 0 Å². The van der Waals surface area contributed by atoms with Crippen molar-refractivity contribution in [2.75, 3.05) is 11.9 Å². The van der Waals surface area contributed by atoms with E-state index >= 15 is 0 Å². The third-order valence-electron chi connectivity index (χ3n) is 2.47. The standard InChI is InChI=1S/C12H13BrFNO/c13-11-5-4-9(14)7-12(11)15-8-10-3-1-2-6-16-10/h2,4-7,10,15H,1,3,8H2. The van der Waals surface area contributed by atoms with E-state index in [0.717, 1.165) is 23.0 Å². The van der Waals surface area contributed by atoms with Gasteiger partial charge < -0.3 is 10.1 Å². The van der Waals surface area contributed by atoms with E-state index in [1.807, 2.05) is 6.08 Å². The van der Waals surface area contributed by atoms with E-state index < -0.39 is 0 Å². The minimum Gasteiger partial charge on any atom is -0.497 e. The Hall–Kier alpha value is -1.03. The van der Waals surface area contributed by atoms with E-state index in [-0.39, 0.29) is 11.9 Å². The fourth-order valence-electron chi connectivity index (χ4n) is 1.59. The molecule has 16 heavy (non-hydrogen) atoms. The van der Waals surface area contributed by atoms with Crippen molar-refractivity contribution in [1.82, 2.24) is 0 Å². The van der Waals surface area contributed by atoms with Gasteiger partial charge in [-0.2, -0.15) is 0 Å². The predicted octanol–water partition coefficient (Wildman–Crippen LogP) is 3.69. The van der Waals surface area contributed by atoms with Crippen molar-refractivity contribution in [2.45, 2.75) is 18.9 Å². The first-order valence-electron chi connectivity index (χ1n) is 5.25. The van der Waals surface area contributed by atoms with Crippen LogP contribution in [0, 0.1) is 5.82 Å². The van der Waals surface area contributed by atoms with Gasteiger partial charge in [0.2, 0.25) is 0 Å². The van der Waals surface area contributed by atoms with Crippen LogP contribution in [0.1, 0.15) is 12.8 Å². The molecule has 0 saturated carbocycles. The highest BCUT2D eigenvalue weighted by atomic mass is 79.9. The number of ether oxygens (including phenoxy) is 1. The molecule has 1 heterocycles. The molecule has 86 valence electrons. The van der Waals surface area contributed by atoms with Crippen molar-refractivity contribution in [3.63, 3.8) is 0 Å². The largest absolute Gasteiger partial charge is 0.497 e. The topological polar surface area (TPSA) is 21.3 Å². The summed E-state index contributed by atoms with van der Waals surface area (Å²) in [7, 11) is 0. The Balaban J connectivity index is 1.93. The predicted molar refractivity (Wildman–Crippen MR) is 65.8 cm³/mol. The summed E-state index contributed by atoms with van der Waals surface area (Å²) in [6.07, 6.45) is 5.94. The van der Waals surface area contributed by atoms with E-state index in [1.54, 1.807) is 12.3 Å². The van der Waals surface area contributed by atoms with Crippen LogP contribution >= 0.6 is 15.9 Å². The maximum absolute atomic E-state index is 13.0. The van der Waals surface area contributed by atoms with Crippen molar-refractivity contribution in [3.8, 4) is 0 Å². The number of rotatable bonds is 3. The molecule has 1 aliphatic heterocycles. The Kier molecular flexibility index (Phi) is 3.83. The van der Waals surface area contributed by atoms with Crippen LogP contribution in [0.4, 0.5) is 10.1 Å². The molecule has 0 aromatic heterocycles. The van der Waals surface area contributed by atoms with Gasteiger partial charge in [-0.15, -0.1) is 0 Å². The lowest BCUT2D eigenvalue weighted by Crippen LogP contribution is -2.23. The van der Waals surface area contributed by atoms with Crippen molar-refractivity contribution in [1.29, 1.82) is 0 Å². The molecule has 0 fully saturated rings. The average molecular weight is 286 g/mol. The lowest BCUT2D eigenvalue weighted by molar-refractivity contribution is 0.135. The fraction of sp³-hybridized carbons (Fsp3) is 0.333. The Morgan fingerprint density at radius 3 is 3.12 bits per heavy atom. The summed E-state index contributed by atoms with van der Waals surface area (Å²) >= 11 is 3.37. The van der Waals surface area contributed by atoms with Gasteiger partial charge in [-0.1, -0.05) is 0 Å². The number of hydrogen-bond acceptors (Lipinski definition) is 2. The van der Waals surface area contributed by atoms with Crippen LogP contribution < -0.4 is 5.32 Å². The second kappa shape index (κ2) is 5.34. The van der Waals surface area contributed by atoms with Gasteiger partial charge in [-0.05, 0) is 53.0 Å². The molecule has 1 aliphatic rings. The normalized spacial score (nSPS) is 19.2. The molecule has 1 aromatic rings. The summed E-state index contributed by atoms with van der Waals surface area (Å²) in [5, 5.41) is 3.18. The number of hydrogen-bond donors (Lipinski definition) is 1. The number of benzene rings is 1. The van der Waals surface area contributed by atoms with Crippen LogP contribution in [-0.2, 0) is 4.74 Å². The molecule has 0 bridgehead atoms. The molecule has 1 aromatic carbocycles. The molecule has 2 nitrogen and oxygen atoms in total. The highest BCUT2D eigenvalue weighted by molar-refractivity contribution is 9.10. The molecular weight excluding hydrogens is 273 g/mol. The number of allylic oxidation sites excluding steroid dienone is 1. The molecule has 0 radical (unpaired) electrons. The first kappa shape index (κ1) is 11.5. The summed E-state index contributed by atoms with van der Waals surface area (Å²) in [6, 6.07) is 4.59. The lowest BCUT2D eigenvalue weighted by atomic mass is 10.1. The first-order valence-corrected chi connectivity index (χ1v) is 6.04. The minimum absolute atomic E-state index is 0.167. The summed E-state index contributed by atoms with van der Waals surface area (Å²) in [5.41, 5.74) is 0.762. The smallest absolute Gasteiger partial charge is 0.125 e. The molecule has 0 saturated heterocycles. The molecular formula is C12H13BrFNO. The number of halogens is 2. The van der Waals surface area contributed by atoms with E-state index in [2.05, 4.69) is 21.2 Å². The maximum atomic E-state index is 13.0. The third-order valence-corrected chi connectivity index (χ3v) is 3.16. The zero-order valence-electron chi connectivity index (χ0n) is 8.75. The molecule has 1 N–H and O–H groups in total. The van der Waals surface area contributed by atoms with Gasteiger partial charge in [0.25, 0.3) is 0 Å². The van der Waals surface area contributed by atoms with Crippen LogP contribution in [0.15, 0.2) is 35.0 Å². The van der Waals surface area contributed by atoms with Gasteiger partial charge in [0.15, 0.2) is 0 Å². The van der Waals surface area contributed by atoms with Gasteiger partial charge in [0, 0.05) is 4.47 Å². The Morgan fingerprint density at radius 2 is 2.38 bits per heavy atom. The second-order valence-corrected chi connectivity index (χ2v) is 4.57. The average Bonchev–Trinajstić information content (AvgIpc) is 2.32. The quantitative estimate of drug-likeness (QED) is 0.915. The number of anilines is 1. The van der Waals surface area contributed by atoms with E-state index in [9.17, 15) is 4.39 Å². The van der Waals surface area contributed by atoms with Crippen molar-refractivity contribution in [3.05, 3.63) is 40.8 Å². The highest BCUT2D eigenvalue weighted by Gasteiger charge is 2.11. The summed E-state index contributed by atoms with van der Waals surface area (Å²) < 4.78 is 19.3. The van der Waals surface area contributed by atoms with Gasteiger partial charge in [0.1, 0.15) is 11.9 Å². The summed E-state index contributed by atoms with van der Waals surface area (Å²) in [6.45, 7) is 0.687. The molecule has 1 unspecified atom stereocenters. The second-order valence-electron chi connectivity index (χ2n) is 3.71. The van der Waals surface area contributed by atoms with E-state index in [4.69, 9.17) is 4.74 Å². The van der Waals surface area contributed by atoms with Crippen LogP contribution in [0.25, 0.3) is 0 Å². The Bertz CT molecular complexity index is 395. The van der Waals surface area contributed by atoms with E-state index in [1.165, 1.54) is 12.1 Å². The Morgan fingerprint density at radius 1 is 1.50 bits per heavy atom. The molecule has 2 rings (SSSR count). The molecule has 0 aliphatic carbocycles. The van der Waals surface area contributed by atoms with Gasteiger partial charge in [0.05, 0.1) is 18.5 Å². The Labute approximate surface area is 103 Å². The first-order chi connectivity index (χ1) is 7.75. The maximum Gasteiger partial charge on any atom is 0.125 e. The minimum atomic E-state index is -0.241. The molecule has 4 heteroatoms. The van der Waals surface area contributed by atoms with Crippen LogP contribution in [-0.4, -0.2) is 12.6 Å². The van der Waals surface area contributed by atoms with Crippen LogP contribution in [0.2, 0.25) is 0 Å².